The van der Waals surface area contributed by atoms with E-state index in [0.717, 1.165) is 10.5 Å². The third kappa shape index (κ3) is 4.61. The predicted molar refractivity (Wildman–Crippen MR) is 124 cm³/mol. The van der Waals surface area contributed by atoms with Crippen molar-refractivity contribution >= 4 is 17.6 Å². The second-order valence-electron chi connectivity index (χ2n) is 9.92. The van der Waals surface area contributed by atoms with Crippen LogP contribution < -0.4 is 5.32 Å². The highest BCUT2D eigenvalue weighted by Crippen LogP contribution is 2.52. The van der Waals surface area contributed by atoms with Crippen LogP contribution in [0.25, 0.3) is 0 Å². The van der Waals surface area contributed by atoms with Crippen LogP contribution in [0.4, 0.5) is 13.2 Å². The van der Waals surface area contributed by atoms with E-state index in [-0.39, 0.29) is 37.9 Å². The maximum atomic E-state index is 14.8. The van der Waals surface area contributed by atoms with Gasteiger partial charge in [-0.3, -0.25) is 14.4 Å². The normalized spacial score (nSPS) is 21.8. The van der Waals surface area contributed by atoms with E-state index in [1.54, 1.807) is 74.5 Å². The van der Waals surface area contributed by atoms with Crippen LogP contribution in [0.3, 0.4) is 0 Å². The van der Waals surface area contributed by atoms with E-state index in [9.17, 15) is 27.6 Å². The molecule has 0 aromatic heterocycles. The van der Waals surface area contributed by atoms with Crippen molar-refractivity contribution in [2.45, 2.75) is 57.8 Å². The molecule has 184 valence electrons. The predicted octanol–water partition coefficient (Wildman–Crippen LogP) is 4.72. The fourth-order valence-electron chi connectivity index (χ4n) is 4.93. The van der Waals surface area contributed by atoms with Crippen molar-refractivity contribution in [2.75, 3.05) is 0 Å². The van der Waals surface area contributed by atoms with Crippen LogP contribution in [-0.4, -0.2) is 34.2 Å². The lowest BCUT2D eigenvalue weighted by molar-refractivity contribution is -0.194. The first-order chi connectivity index (χ1) is 16.4. The zero-order chi connectivity index (χ0) is 25.4. The Balaban J connectivity index is 1.74. The number of hydrogen-bond acceptors (Lipinski definition) is 3. The van der Waals surface area contributed by atoms with E-state index in [1.165, 1.54) is 0 Å². The zero-order valence-electron chi connectivity index (χ0n) is 19.6. The highest BCUT2D eigenvalue weighted by molar-refractivity contribution is 6.13. The largest absolute Gasteiger partial charge is 0.425 e. The highest BCUT2D eigenvalue weighted by atomic mass is 19.4. The van der Waals surface area contributed by atoms with Gasteiger partial charge >= 0.3 is 6.18 Å². The van der Waals surface area contributed by atoms with Gasteiger partial charge in [-0.05, 0) is 29.4 Å². The zero-order valence-corrected chi connectivity index (χ0v) is 19.6. The molecule has 1 N–H and O–H groups in total. The lowest BCUT2D eigenvalue weighted by Gasteiger charge is -2.35. The lowest BCUT2D eigenvalue weighted by atomic mass is 9.72. The number of aryl methyl sites for hydroxylation is 1. The number of Topliss-reactive ketones (excluding diaryl/α,β-unsaturated/α-hetero) is 1. The summed E-state index contributed by atoms with van der Waals surface area (Å²) in [6.45, 7) is 3.44. The Labute approximate surface area is 202 Å². The number of nitrogens with zero attached hydrogens (tertiary/aromatic N) is 1. The molecule has 4 rings (SSSR count). The Bertz CT molecular complexity index is 1170. The van der Waals surface area contributed by atoms with Crippen molar-refractivity contribution < 1.29 is 27.6 Å². The van der Waals surface area contributed by atoms with Gasteiger partial charge in [0.15, 0.2) is 5.78 Å². The Hall–Kier alpha value is -3.42. The van der Waals surface area contributed by atoms with Crippen LogP contribution in [0.5, 0.6) is 0 Å². The minimum Gasteiger partial charge on any atom is -0.330 e. The molecule has 0 saturated heterocycles. The van der Waals surface area contributed by atoms with Crippen LogP contribution in [0.15, 0.2) is 71.9 Å². The molecule has 8 heteroatoms. The van der Waals surface area contributed by atoms with Gasteiger partial charge in [0.2, 0.25) is 11.4 Å². The molecule has 2 amide bonds. The van der Waals surface area contributed by atoms with E-state index in [1.807, 2.05) is 5.32 Å². The third-order valence-corrected chi connectivity index (χ3v) is 6.54. The van der Waals surface area contributed by atoms with E-state index in [4.69, 9.17) is 0 Å². The Morgan fingerprint density at radius 1 is 0.943 bits per heavy atom. The molecule has 1 heterocycles. The number of benzene rings is 2. The van der Waals surface area contributed by atoms with Gasteiger partial charge in [0.1, 0.15) is 0 Å². The third-order valence-electron chi connectivity index (χ3n) is 6.54. The number of alkyl halides is 3. The quantitative estimate of drug-likeness (QED) is 0.645. The van der Waals surface area contributed by atoms with E-state index in [0.29, 0.717) is 5.56 Å². The highest BCUT2D eigenvalue weighted by Gasteiger charge is 2.71. The van der Waals surface area contributed by atoms with Crippen molar-refractivity contribution in [3.63, 3.8) is 0 Å². The fraction of sp³-hybridized carbons (Fsp3) is 0.370. The molecule has 1 aliphatic carbocycles. The minimum absolute atomic E-state index is 0.0424. The molecule has 2 aromatic rings. The van der Waals surface area contributed by atoms with Gasteiger partial charge in [-0.25, -0.2) is 0 Å². The molecule has 0 bridgehead atoms. The molecule has 0 saturated carbocycles. The van der Waals surface area contributed by atoms with Gasteiger partial charge in [0.25, 0.3) is 5.91 Å². The number of hydrogen-bond donors (Lipinski definition) is 1. The number of rotatable bonds is 6. The summed E-state index contributed by atoms with van der Waals surface area (Å²) < 4.78 is 44.4. The first kappa shape index (κ1) is 24.7. The van der Waals surface area contributed by atoms with E-state index < -0.39 is 40.3 Å². The number of halogens is 3. The van der Waals surface area contributed by atoms with Crippen LogP contribution in [0.2, 0.25) is 0 Å². The molecule has 0 fully saturated rings. The number of carbonyl (C=O) groups excluding carboxylic acids is 3. The van der Waals surface area contributed by atoms with Crippen molar-refractivity contribution in [2.24, 2.45) is 5.41 Å². The molecule has 0 radical (unpaired) electrons. The van der Waals surface area contributed by atoms with Crippen molar-refractivity contribution in [1.29, 1.82) is 0 Å². The standard InChI is InChI=1S/C27H27F3N2O3/c1-25(2)15-20-23(21(33)16-25)26(27(28,29)30,24(35)32(20)17-19-11-7-4-8-12-19)31-22(34)14-13-18-9-5-3-6-10-18/h3-12H,13-17H2,1-2H3,(H,31,34)/t26-/m1/s1. The van der Waals surface area contributed by atoms with Gasteiger partial charge < -0.3 is 10.2 Å². The summed E-state index contributed by atoms with van der Waals surface area (Å²) >= 11 is 0. The van der Waals surface area contributed by atoms with Gasteiger partial charge in [0, 0.05) is 18.5 Å². The Morgan fingerprint density at radius 3 is 2.09 bits per heavy atom. The molecular weight excluding hydrogens is 457 g/mol. The number of amides is 2. The molecular formula is C27H27F3N2O3. The summed E-state index contributed by atoms with van der Waals surface area (Å²) in [6, 6.07) is 17.5. The number of allylic oxidation sites excluding steroid dienone is 1. The molecule has 5 nitrogen and oxygen atoms in total. The monoisotopic (exact) mass is 484 g/mol. The maximum Gasteiger partial charge on any atom is 0.425 e. The Morgan fingerprint density at radius 2 is 1.51 bits per heavy atom. The molecule has 0 unspecified atom stereocenters. The van der Waals surface area contributed by atoms with Gasteiger partial charge in [-0.15, -0.1) is 0 Å². The maximum absolute atomic E-state index is 14.8. The lowest BCUT2D eigenvalue weighted by Crippen LogP contribution is -2.66. The first-order valence-corrected chi connectivity index (χ1v) is 11.5. The second-order valence-corrected chi connectivity index (χ2v) is 9.92. The summed E-state index contributed by atoms with van der Waals surface area (Å²) in [6.07, 6.45) is -5.28. The SMILES string of the molecule is CC1(C)CC(=O)C2=C(C1)N(Cc1ccccc1)C(=O)[C@@]2(NC(=O)CCc1ccccc1)C(F)(F)F. The van der Waals surface area contributed by atoms with Crippen molar-refractivity contribution in [3.05, 3.63) is 83.1 Å². The minimum atomic E-state index is -5.20. The van der Waals surface area contributed by atoms with Crippen LogP contribution in [0.1, 0.15) is 44.2 Å². The molecule has 1 aliphatic heterocycles. The van der Waals surface area contributed by atoms with Crippen LogP contribution in [-0.2, 0) is 27.3 Å². The average Bonchev–Trinajstić information content (AvgIpc) is 3.01. The molecule has 1 atom stereocenters. The fourth-order valence-corrected chi connectivity index (χ4v) is 4.93. The summed E-state index contributed by atoms with van der Waals surface area (Å²) in [4.78, 5) is 40.6. The summed E-state index contributed by atoms with van der Waals surface area (Å²) in [5.41, 5.74) is -3.21. The average molecular weight is 485 g/mol. The second kappa shape index (κ2) is 8.98. The van der Waals surface area contributed by atoms with Crippen LogP contribution >= 0.6 is 0 Å². The van der Waals surface area contributed by atoms with Gasteiger partial charge in [-0.2, -0.15) is 13.2 Å². The first-order valence-electron chi connectivity index (χ1n) is 11.5. The molecule has 2 aromatic carbocycles. The molecule has 0 spiro atoms. The van der Waals surface area contributed by atoms with E-state index in [2.05, 4.69) is 0 Å². The molecule has 2 aliphatic rings. The Kier molecular flexibility index (Phi) is 6.34. The molecule has 35 heavy (non-hydrogen) atoms. The topological polar surface area (TPSA) is 66.5 Å². The smallest absolute Gasteiger partial charge is 0.330 e. The number of carbonyl (C=O) groups is 3. The van der Waals surface area contributed by atoms with Crippen molar-refractivity contribution in [1.82, 2.24) is 10.2 Å². The van der Waals surface area contributed by atoms with Gasteiger partial charge in [-0.1, -0.05) is 74.5 Å². The van der Waals surface area contributed by atoms with Crippen molar-refractivity contribution in [3.8, 4) is 0 Å². The summed E-state index contributed by atoms with van der Waals surface area (Å²) in [7, 11) is 0. The number of ketones is 1. The van der Waals surface area contributed by atoms with Gasteiger partial charge in [0.05, 0.1) is 12.1 Å². The summed E-state index contributed by atoms with van der Waals surface area (Å²) in [5, 5.41) is 1.99. The van der Waals surface area contributed by atoms with Crippen LogP contribution in [0, 0.1) is 5.41 Å². The summed E-state index contributed by atoms with van der Waals surface area (Å²) in [5.74, 6) is -3.04. The van der Waals surface area contributed by atoms with E-state index >= 15 is 0 Å². The number of nitrogens with one attached hydrogen (secondary N) is 1.